The molecule has 17 heavy (non-hydrogen) atoms. The number of aromatic nitrogens is 2. The Morgan fingerprint density at radius 3 is 2.88 bits per heavy atom. The lowest BCUT2D eigenvalue weighted by Crippen LogP contribution is -2.06. The lowest BCUT2D eigenvalue weighted by atomic mass is 9.97. The van der Waals surface area contributed by atoms with Crippen molar-refractivity contribution >= 4 is 11.6 Å². The van der Waals surface area contributed by atoms with E-state index in [1.54, 1.807) is 11.9 Å². The SMILES string of the molecule is CNc1cc(NCCC2=CCCCC2)ncn1. The second-order valence-corrected chi connectivity index (χ2v) is 4.32. The van der Waals surface area contributed by atoms with Crippen LogP contribution in [0.2, 0.25) is 0 Å². The molecule has 1 aromatic rings. The average Bonchev–Trinajstić information content (AvgIpc) is 2.40. The zero-order chi connectivity index (χ0) is 11.9. The minimum atomic E-state index is 0.847. The summed E-state index contributed by atoms with van der Waals surface area (Å²) in [5.41, 5.74) is 1.59. The van der Waals surface area contributed by atoms with Gasteiger partial charge in [0.05, 0.1) is 0 Å². The third kappa shape index (κ3) is 3.73. The topological polar surface area (TPSA) is 49.8 Å². The molecular formula is C13H20N4. The van der Waals surface area contributed by atoms with Crippen LogP contribution in [0.5, 0.6) is 0 Å². The van der Waals surface area contributed by atoms with Crippen LogP contribution < -0.4 is 10.6 Å². The van der Waals surface area contributed by atoms with E-state index >= 15 is 0 Å². The Labute approximate surface area is 103 Å². The van der Waals surface area contributed by atoms with Gasteiger partial charge in [-0.15, -0.1) is 0 Å². The highest BCUT2D eigenvalue weighted by Gasteiger charge is 2.03. The molecule has 4 heteroatoms. The summed E-state index contributed by atoms with van der Waals surface area (Å²) in [6.45, 7) is 0.950. The average molecular weight is 232 g/mol. The summed E-state index contributed by atoms with van der Waals surface area (Å²) in [5.74, 6) is 1.74. The van der Waals surface area contributed by atoms with Gasteiger partial charge in [-0.25, -0.2) is 9.97 Å². The van der Waals surface area contributed by atoms with Crippen LogP contribution in [-0.2, 0) is 0 Å². The largest absolute Gasteiger partial charge is 0.373 e. The van der Waals surface area contributed by atoms with Crippen LogP contribution in [0.1, 0.15) is 32.1 Å². The summed E-state index contributed by atoms with van der Waals surface area (Å²) in [6, 6.07) is 1.93. The van der Waals surface area contributed by atoms with Gasteiger partial charge in [-0.2, -0.15) is 0 Å². The predicted octanol–water partition coefficient (Wildman–Crippen LogP) is 2.82. The van der Waals surface area contributed by atoms with E-state index in [9.17, 15) is 0 Å². The number of rotatable bonds is 5. The minimum absolute atomic E-state index is 0.847. The molecule has 0 saturated carbocycles. The van der Waals surface area contributed by atoms with E-state index in [1.807, 2.05) is 13.1 Å². The fraction of sp³-hybridized carbons (Fsp3) is 0.538. The molecule has 0 atom stereocenters. The van der Waals surface area contributed by atoms with Crippen molar-refractivity contribution in [3.8, 4) is 0 Å². The summed E-state index contributed by atoms with van der Waals surface area (Å²) in [4.78, 5) is 8.27. The van der Waals surface area contributed by atoms with Gasteiger partial charge < -0.3 is 10.6 Å². The van der Waals surface area contributed by atoms with Crippen LogP contribution in [-0.4, -0.2) is 23.6 Å². The van der Waals surface area contributed by atoms with Crippen LogP contribution in [0.25, 0.3) is 0 Å². The monoisotopic (exact) mass is 232 g/mol. The number of allylic oxidation sites excluding steroid dienone is 1. The van der Waals surface area contributed by atoms with E-state index in [-0.39, 0.29) is 0 Å². The molecule has 0 aromatic carbocycles. The molecule has 1 aliphatic carbocycles. The van der Waals surface area contributed by atoms with E-state index in [0.717, 1.165) is 24.6 Å². The number of nitrogens with zero attached hydrogens (tertiary/aromatic N) is 2. The van der Waals surface area contributed by atoms with Crippen molar-refractivity contribution < 1.29 is 0 Å². The Morgan fingerprint density at radius 1 is 1.24 bits per heavy atom. The third-order valence-electron chi connectivity index (χ3n) is 3.06. The molecule has 4 nitrogen and oxygen atoms in total. The first-order valence-corrected chi connectivity index (χ1v) is 6.30. The van der Waals surface area contributed by atoms with Gasteiger partial charge in [0.15, 0.2) is 0 Å². The van der Waals surface area contributed by atoms with Crippen molar-refractivity contribution in [2.45, 2.75) is 32.1 Å². The van der Waals surface area contributed by atoms with Crippen LogP contribution in [0.4, 0.5) is 11.6 Å². The van der Waals surface area contributed by atoms with E-state index in [4.69, 9.17) is 0 Å². The molecular weight excluding hydrogens is 212 g/mol. The first-order chi connectivity index (χ1) is 8.38. The molecule has 1 heterocycles. The molecule has 0 amide bonds. The molecule has 0 bridgehead atoms. The molecule has 0 aliphatic heterocycles. The van der Waals surface area contributed by atoms with Crippen molar-refractivity contribution in [3.05, 3.63) is 24.0 Å². The van der Waals surface area contributed by atoms with Gasteiger partial charge >= 0.3 is 0 Å². The Morgan fingerprint density at radius 2 is 2.12 bits per heavy atom. The molecule has 2 rings (SSSR count). The highest BCUT2D eigenvalue weighted by molar-refractivity contribution is 5.45. The van der Waals surface area contributed by atoms with Gasteiger partial charge in [0.25, 0.3) is 0 Å². The first-order valence-electron chi connectivity index (χ1n) is 6.30. The van der Waals surface area contributed by atoms with Crippen LogP contribution in [0, 0.1) is 0 Å². The highest BCUT2D eigenvalue weighted by Crippen LogP contribution is 2.20. The number of hydrogen-bond acceptors (Lipinski definition) is 4. The van der Waals surface area contributed by atoms with Crippen molar-refractivity contribution in [1.29, 1.82) is 0 Å². The second-order valence-electron chi connectivity index (χ2n) is 4.32. The first kappa shape index (κ1) is 11.9. The minimum Gasteiger partial charge on any atom is -0.373 e. The van der Waals surface area contributed by atoms with Gasteiger partial charge in [-0.1, -0.05) is 11.6 Å². The summed E-state index contributed by atoms with van der Waals surface area (Å²) in [5, 5.41) is 6.34. The summed E-state index contributed by atoms with van der Waals surface area (Å²) < 4.78 is 0. The highest BCUT2D eigenvalue weighted by atomic mass is 15.0. The van der Waals surface area contributed by atoms with E-state index in [1.165, 1.54) is 25.7 Å². The predicted molar refractivity (Wildman–Crippen MR) is 71.2 cm³/mol. The Hall–Kier alpha value is -1.58. The quantitative estimate of drug-likeness (QED) is 0.766. The zero-order valence-electron chi connectivity index (χ0n) is 10.4. The zero-order valence-corrected chi connectivity index (χ0v) is 10.4. The summed E-state index contributed by atoms with van der Waals surface area (Å²) >= 11 is 0. The van der Waals surface area contributed by atoms with E-state index in [2.05, 4.69) is 26.7 Å². The van der Waals surface area contributed by atoms with Crippen LogP contribution in [0.3, 0.4) is 0 Å². The van der Waals surface area contributed by atoms with Crippen molar-refractivity contribution in [2.75, 3.05) is 24.2 Å². The molecule has 0 spiro atoms. The Balaban J connectivity index is 1.79. The Kier molecular flexibility index (Phi) is 4.36. The van der Waals surface area contributed by atoms with Crippen molar-refractivity contribution in [3.63, 3.8) is 0 Å². The standard InChI is InChI=1S/C13H20N4/c1-14-12-9-13(17-10-16-12)15-8-7-11-5-3-2-4-6-11/h5,9-10H,2-4,6-8H2,1H3,(H2,14,15,16,17). The van der Waals surface area contributed by atoms with Crippen LogP contribution in [0.15, 0.2) is 24.0 Å². The van der Waals surface area contributed by atoms with Gasteiger partial charge in [-0.05, 0) is 32.1 Å². The second kappa shape index (κ2) is 6.23. The molecule has 2 N–H and O–H groups in total. The fourth-order valence-corrected chi connectivity index (χ4v) is 2.07. The van der Waals surface area contributed by atoms with Gasteiger partial charge in [0.2, 0.25) is 0 Å². The number of nitrogens with one attached hydrogen (secondary N) is 2. The van der Waals surface area contributed by atoms with Gasteiger partial charge in [-0.3, -0.25) is 0 Å². The van der Waals surface area contributed by atoms with Crippen molar-refractivity contribution in [2.24, 2.45) is 0 Å². The molecule has 0 fully saturated rings. The van der Waals surface area contributed by atoms with E-state index < -0.39 is 0 Å². The number of hydrogen-bond donors (Lipinski definition) is 2. The maximum atomic E-state index is 4.19. The normalized spacial score (nSPS) is 15.2. The molecule has 0 unspecified atom stereocenters. The van der Waals surface area contributed by atoms with Crippen molar-refractivity contribution in [1.82, 2.24) is 9.97 Å². The lowest BCUT2D eigenvalue weighted by Gasteiger charge is -2.13. The Bertz CT molecular complexity index is 387. The molecule has 92 valence electrons. The van der Waals surface area contributed by atoms with Gasteiger partial charge in [0, 0.05) is 19.7 Å². The summed E-state index contributed by atoms with van der Waals surface area (Å²) in [7, 11) is 1.86. The van der Waals surface area contributed by atoms with Crippen LogP contribution >= 0.6 is 0 Å². The fourth-order valence-electron chi connectivity index (χ4n) is 2.07. The molecule has 1 aromatic heterocycles. The molecule has 1 aliphatic rings. The maximum Gasteiger partial charge on any atom is 0.131 e. The van der Waals surface area contributed by atoms with Gasteiger partial charge in [0.1, 0.15) is 18.0 Å². The molecule has 0 saturated heterocycles. The molecule has 0 radical (unpaired) electrons. The number of anilines is 2. The van der Waals surface area contributed by atoms with E-state index in [0.29, 0.717) is 0 Å². The smallest absolute Gasteiger partial charge is 0.131 e. The third-order valence-corrected chi connectivity index (χ3v) is 3.06. The maximum absolute atomic E-state index is 4.19. The summed E-state index contributed by atoms with van der Waals surface area (Å²) in [6.07, 6.45) is 10.3. The lowest BCUT2D eigenvalue weighted by molar-refractivity contribution is 0.679.